The third kappa shape index (κ3) is 2.87. The molecule has 0 radical (unpaired) electrons. The first kappa shape index (κ1) is 12.1. The highest BCUT2D eigenvalue weighted by atomic mass is 15.2. The second kappa shape index (κ2) is 4.51. The van der Waals surface area contributed by atoms with Crippen LogP contribution in [-0.4, -0.2) is 23.1 Å². The van der Waals surface area contributed by atoms with Crippen LogP contribution in [-0.2, 0) is 0 Å². The molecule has 1 aromatic rings. The summed E-state index contributed by atoms with van der Waals surface area (Å²) in [7, 11) is 0. The van der Waals surface area contributed by atoms with E-state index in [2.05, 4.69) is 35.6 Å². The number of aromatic nitrogens is 2. The van der Waals surface area contributed by atoms with E-state index in [4.69, 9.17) is 5.73 Å². The Hall–Kier alpha value is -1.32. The number of nitrogens with two attached hydrogens (primary N) is 1. The van der Waals surface area contributed by atoms with Gasteiger partial charge in [-0.05, 0) is 24.2 Å². The first-order valence-electron chi connectivity index (χ1n) is 6.29. The quantitative estimate of drug-likeness (QED) is 0.810. The summed E-state index contributed by atoms with van der Waals surface area (Å²) in [6, 6.07) is 0. The van der Waals surface area contributed by atoms with Gasteiger partial charge in [0.2, 0.25) is 0 Å². The monoisotopic (exact) mass is 234 g/mol. The van der Waals surface area contributed by atoms with Gasteiger partial charge in [-0.15, -0.1) is 0 Å². The summed E-state index contributed by atoms with van der Waals surface area (Å²) < 4.78 is 0. The van der Waals surface area contributed by atoms with E-state index in [1.807, 2.05) is 0 Å². The Kier molecular flexibility index (Phi) is 3.22. The summed E-state index contributed by atoms with van der Waals surface area (Å²) in [5.74, 6) is 2.24. The lowest BCUT2D eigenvalue weighted by Crippen LogP contribution is -2.38. The van der Waals surface area contributed by atoms with Crippen LogP contribution in [0.25, 0.3) is 0 Å². The molecule has 0 aromatic carbocycles. The summed E-state index contributed by atoms with van der Waals surface area (Å²) in [5.41, 5.74) is 5.96. The van der Waals surface area contributed by atoms with Crippen molar-refractivity contribution < 1.29 is 0 Å². The molecule has 0 unspecified atom stereocenters. The number of hydrogen-bond donors (Lipinski definition) is 1. The van der Waals surface area contributed by atoms with Crippen LogP contribution in [0.1, 0.15) is 33.6 Å². The predicted molar refractivity (Wildman–Crippen MR) is 70.8 cm³/mol. The van der Waals surface area contributed by atoms with Crippen LogP contribution in [0, 0.1) is 11.3 Å². The highest BCUT2D eigenvalue weighted by molar-refractivity contribution is 5.39. The summed E-state index contributed by atoms with van der Waals surface area (Å²) >= 11 is 0. The van der Waals surface area contributed by atoms with Gasteiger partial charge in [-0.3, -0.25) is 0 Å². The first-order valence-corrected chi connectivity index (χ1v) is 6.29. The van der Waals surface area contributed by atoms with E-state index < -0.39 is 0 Å². The van der Waals surface area contributed by atoms with Crippen molar-refractivity contribution in [3.05, 3.63) is 12.4 Å². The molecular formula is C13H22N4. The molecule has 4 heteroatoms. The van der Waals surface area contributed by atoms with Gasteiger partial charge >= 0.3 is 0 Å². The summed E-state index contributed by atoms with van der Waals surface area (Å²) in [5, 5.41) is 0. The SMILES string of the molecule is CC(C)(C)C1CCN(c2cnc(N)cn2)CC1. The molecule has 1 aliphatic heterocycles. The normalized spacial score (nSPS) is 18.4. The zero-order valence-electron chi connectivity index (χ0n) is 11.0. The minimum Gasteiger partial charge on any atom is -0.382 e. The summed E-state index contributed by atoms with van der Waals surface area (Å²) in [6.45, 7) is 9.13. The van der Waals surface area contributed by atoms with Crippen LogP contribution < -0.4 is 10.6 Å². The Morgan fingerprint density at radius 2 is 1.82 bits per heavy atom. The maximum Gasteiger partial charge on any atom is 0.147 e. The van der Waals surface area contributed by atoms with Crippen LogP contribution in [0.5, 0.6) is 0 Å². The van der Waals surface area contributed by atoms with Gasteiger partial charge in [-0.2, -0.15) is 0 Å². The molecule has 0 aliphatic carbocycles. The molecule has 2 rings (SSSR count). The average molecular weight is 234 g/mol. The van der Waals surface area contributed by atoms with Gasteiger partial charge in [-0.25, -0.2) is 9.97 Å². The van der Waals surface area contributed by atoms with Gasteiger partial charge in [-0.1, -0.05) is 20.8 Å². The fraction of sp³-hybridized carbons (Fsp3) is 0.692. The molecule has 94 valence electrons. The van der Waals surface area contributed by atoms with Crippen molar-refractivity contribution in [3.8, 4) is 0 Å². The van der Waals surface area contributed by atoms with Crippen LogP contribution in [0.15, 0.2) is 12.4 Å². The summed E-state index contributed by atoms with van der Waals surface area (Å²) in [6.07, 6.45) is 5.86. The molecule has 1 aliphatic rings. The van der Waals surface area contributed by atoms with Gasteiger partial charge in [0.25, 0.3) is 0 Å². The molecule has 0 spiro atoms. The Balaban J connectivity index is 1.97. The van der Waals surface area contributed by atoms with Gasteiger partial charge in [0.15, 0.2) is 0 Å². The van der Waals surface area contributed by atoms with Gasteiger partial charge in [0.1, 0.15) is 11.6 Å². The van der Waals surface area contributed by atoms with Crippen LogP contribution in [0.4, 0.5) is 11.6 Å². The Morgan fingerprint density at radius 1 is 1.18 bits per heavy atom. The highest BCUT2D eigenvalue weighted by Crippen LogP contribution is 2.35. The molecule has 0 amide bonds. The van der Waals surface area contributed by atoms with E-state index in [9.17, 15) is 0 Å². The van der Waals surface area contributed by atoms with E-state index in [0.717, 1.165) is 24.8 Å². The van der Waals surface area contributed by atoms with Crippen molar-refractivity contribution in [2.24, 2.45) is 11.3 Å². The first-order chi connectivity index (χ1) is 7.97. The lowest BCUT2D eigenvalue weighted by molar-refractivity contribution is 0.198. The number of piperidine rings is 1. The minimum atomic E-state index is 0.416. The van der Waals surface area contributed by atoms with Crippen molar-refractivity contribution in [1.82, 2.24) is 9.97 Å². The second-order valence-corrected chi connectivity index (χ2v) is 5.93. The molecule has 2 N–H and O–H groups in total. The topological polar surface area (TPSA) is 55.0 Å². The van der Waals surface area contributed by atoms with Crippen molar-refractivity contribution in [2.45, 2.75) is 33.6 Å². The fourth-order valence-electron chi connectivity index (χ4n) is 2.47. The van der Waals surface area contributed by atoms with E-state index in [1.165, 1.54) is 12.8 Å². The maximum atomic E-state index is 5.54. The molecular weight excluding hydrogens is 212 g/mol. The molecule has 2 heterocycles. The molecule has 4 nitrogen and oxygen atoms in total. The lowest BCUT2D eigenvalue weighted by atomic mass is 9.75. The number of nitrogens with zero attached hydrogens (tertiary/aromatic N) is 3. The minimum absolute atomic E-state index is 0.416. The van der Waals surface area contributed by atoms with Gasteiger partial charge < -0.3 is 10.6 Å². The van der Waals surface area contributed by atoms with Crippen molar-refractivity contribution >= 4 is 11.6 Å². The fourth-order valence-corrected chi connectivity index (χ4v) is 2.47. The van der Waals surface area contributed by atoms with E-state index in [0.29, 0.717) is 11.2 Å². The Bertz CT molecular complexity index is 358. The third-order valence-electron chi connectivity index (χ3n) is 3.70. The molecule has 0 saturated carbocycles. The lowest BCUT2D eigenvalue weighted by Gasteiger charge is -2.39. The van der Waals surface area contributed by atoms with Gasteiger partial charge in [0, 0.05) is 13.1 Å². The van der Waals surface area contributed by atoms with Crippen LogP contribution in [0.2, 0.25) is 0 Å². The van der Waals surface area contributed by atoms with Crippen molar-refractivity contribution in [2.75, 3.05) is 23.7 Å². The average Bonchev–Trinajstić information content (AvgIpc) is 2.29. The van der Waals surface area contributed by atoms with E-state index in [-0.39, 0.29) is 0 Å². The van der Waals surface area contributed by atoms with Crippen molar-refractivity contribution in [1.29, 1.82) is 0 Å². The Morgan fingerprint density at radius 3 is 2.29 bits per heavy atom. The highest BCUT2D eigenvalue weighted by Gasteiger charge is 2.29. The third-order valence-corrected chi connectivity index (χ3v) is 3.70. The molecule has 0 bridgehead atoms. The zero-order valence-corrected chi connectivity index (χ0v) is 11.0. The van der Waals surface area contributed by atoms with Crippen LogP contribution in [0.3, 0.4) is 0 Å². The zero-order chi connectivity index (χ0) is 12.5. The molecule has 1 saturated heterocycles. The van der Waals surface area contributed by atoms with E-state index in [1.54, 1.807) is 12.4 Å². The smallest absolute Gasteiger partial charge is 0.147 e. The maximum absolute atomic E-state index is 5.54. The second-order valence-electron chi connectivity index (χ2n) is 5.93. The molecule has 1 fully saturated rings. The van der Waals surface area contributed by atoms with Crippen LogP contribution >= 0.6 is 0 Å². The van der Waals surface area contributed by atoms with E-state index >= 15 is 0 Å². The molecule has 0 atom stereocenters. The Labute approximate surface area is 103 Å². The number of anilines is 2. The van der Waals surface area contributed by atoms with Crippen molar-refractivity contribution in [3.63, 3.8) is 0 Å². The number of rotatable bonds is 1. The standard InChI is InChI=1S/C13H22N4/c1-13(2,3)10-4-6-17(7-5-10)12-9-15-11(14)8-16-12/h8-10H,4-7H2,1-3H3,(H2,14,15). The largest absolute Gasteiger partial charge is 0.382 e. The summed E-state index contributed by atoms with van der Waals surface area (Å²) in [4.78, 5) is 10.7. The number of hydrogen-bond acceptors (Lipinski definition) is 4. The molecule has 1 aromatic heterocycles. The number of nitrogen functional groups attached to an aromatic ring is 1. The predicted octanol–water partition coefficient (Wildman–Crippen LogP) is 2.32. The molecule has 17 heavy (non-hydrogen) atoms. The van der Waals surface area contributed by atoms with Gasteiger partial charge in [0.05, 0.1) is 12.4 Å².